The Hall–Kier alpha value is -0.0151. The highest BCUT2D eigenvalue weighted by atomic mass is 15.5. The van der Waals surface area contributed by atoms with Gasteiger partial charge in [0.25, 0.3) is 0 Å². The average molecular weight is 110 g/mol. The molecule has 0 aliphatic carbocycles. The number of piperidine rings is 1. The molecule has 0 aromatic heterocycles. The predicted molar refractivity (Wildman–Crippen MR) is 34.3 cm³/mol. The Morgan fingerprint density at radius 3 is 2.12 bits per heavy atom. The summed E-state index contributed by atoms with van der Waals surface area (Å²) in [5, 5.41) is 4.68. The van der Waals surface area contributed by atoms with Crippen LogP contribution in [0.4, 0.5) is 0 Å². The van der Waals surface area contributed by atoms with E-state index in [9.17, 15) is 0 Å². The molecule has 0 aromatic rings. The minimum absolute atomic E-state index is 1.11. The SMILES string of the molecule is [B]NN1CCCCC1. The molecule has 0 aromatic carbocycles. The Morgan fingerprint density at radius 1 is 1.12 bits per heavy atom. The number of hydrazine groups is 1. The van der Waals surface area contributed by atoms with Crippen LogP contribution in [0, 0.1) is 0 Å². The van der Waals surface area contributed by atoms with Crippen LogP contribution in [0.5, 0.6) is 0 Å². The van der Waals surface area contributed by atoms with Gasteiger partial charge in [0.15, 0.2) is 0 Å². The van der Waals surface area contributed by atoms with E-state index < -0.39 is 0 Å². The van der Waals surface area contributed by atoms with Gasteiger partial charge in [-0.25, -0.2) is 0 Å². The van der Waals surface area contributed by atoms with Gasteiger partial charge in [-0.1, -0.05) is 6.42 Å². The van der Waals surface area contributed by atoms with Crippen LogP contribution in [0.1, 0.15) is 19.3 Å². The second-order valence-electron chi connectivity index (χ2n) is 2.18. The van der Waals surface area contributed by atoms with Gasteiger partial charge in [0.2, 0.25) is 7.98 Å². The molecule has 1 heterocycles. The van der Waals surface area contributed by atoms with Gasteiger partial charge in [-0.3, -0.25) is 5.01 Å². The molecule has 2 nitrogen and oxygen atoms in total. The molecule has 8 heavy (non-hydrogen) atoms. The van der Waals surface area contributed by atoms with Gasteiger partial charge in [0, 0.05) is 13.1 Å². The maximum Gasteiger partial charge on any atom is 0.202 e. The van der Waals surface area contributed by atoms with Gasteiger partial charge in [0.05, 0.1) is 0 Å². The summed E-state index contributed by atoms with van der Waals surface area (Å²) in [4.78, 5) is 0. The van der Waals surface area contributed by atoms with Crippen molar-refractivity contribution < 1.29 is 0 Å². The van der Waals surface area contributed by atoms with E-state index in [-0.39, 0.29) is 0 Å². The van der Waals surface area contributed by atoms with E-state index in [0.29, 0.717) is 0 Å². The topological polar surface area (TPSA) is 15.3 Å². The molecular formula is C5H11BN2. The Labute approximate surface area is 51.6 Å². The van der Waals surface area contributed by atoms with Crippen LogP contribution in [-0.2, 0) is 0 Å². The van der Waals surface area contributed by atoms with Crippen molar-refractivity contribution in [1.29, 1.82) is 0 Å². The van der Waals surface area contributed by atoms with E-state index in [4.69, 9.17) is 7.98 Å². The third kappa shape index (κ3) is 1.49. The Kier molecular flexibility index (Phi) is 2.37. The molecule has 3 heteroatoms. The Bertz CT molecular complexity index is 61.4. The molecule has 0 saturated carbocycles. The molecule has 1 saturated heterocycles. The van der Waals surface area contributed by atoms with E-state index >= 15 is 0 Å². The lowest BCUT2D eigenvalue weighted by atomic mass is 10.2. The van der Waals surface area contributed by atoms with Gasteiger partial charge in [-0.05, 0) is 12.8 Å². The number of rotatable bonds is 1. The summed E-state index contributed by atoms with van der Waals surface area (Å²) in [5.74, 6) is 0. The van der Waals surface area contributed by atoms with Crippen LogP contribution in [0.3, 0.4) is 0 Å². The van der Waals surface area contributed by atoms with Crippen LogP contribution < -0.4 is 5.34 Å². The largest absolute Gasteiger partial charge is 0.308 e. The second kappa shape index (κ2) is 3.10. The lowest BCUT2D eigenvalue weighted by Gasteiger charge is -2.25. The van der Waals surface area contributed by atoms with Crippen molar-refractivity contribution in [1.82, 2.24) is 10.3 Å². The van der Waals surface area contributed by atoms with Crippen molar-refractivity contribution in [3.63, 3.8) is 0 Å². The van der Waals surface area contributed by atoms with E-state index in [1.54, 1.807) is 0 Å². The molecule has 1 fully saturated rings. The van der Waals surface area contributed by atoms with Crippen molar-refractivity contribution in [2.75, 3.05) is 13.1 Å². The van der Waals surface area contributed by atoms with Crippen LogP contribution in [0.2, 0.25) is 0 Å². The van der Waals surface area contributed by atoms with Gasteiger partial charge in [-0.2, -0.15) is 0 Å². The number of hydrogen-bond acceptors (Lipinski definition) is 2. The van der Waals surface area contributed by atoms with E-state index in [0.717, 1.165) is 13.1 Å². The minimum atomic E-state index is 1.11. The fourth-order valence-corrected chi connectivity index (χ4v) is 1.02. The van der Waals surface area contributed by atoms with Crippen molar-refractivity contribution in [3.05, 3.63) is 0 Å². The van der Waals surface area contributed by atoms with Gasteiger partial charge >= 0.3 is 0 Å². The van der Waals surface area contributed by atoms with E-state index in [2.05, 4.69) is 5.34 Å². The van der Waals surface area contributed by atoms with Crippen LogP contribution in [0.15, 0.2) is 0 Å². The Balaban J connectivity index is 2.13. The molecule has 1 aliphatic heterocycles. The molecule has 0 bridgehead atoms. The molecule has 0 spiro atoms. The zero-order chi connectivity index (χ0) is 5.82. The molecule has 0 amide bonds. The van der Waals surface area contributed by atoms with Crippen molar-refractivity contribution in [3.8, 4) is 0 Å². The van der Waals surface area contributed by atoms with Gasteiger partial charge < -0.3 is 5.34 Å². The minimum Gasteiger partial charge on any atom is -0.308 e. The smallest absolute Gasteiger partial charge is 0.202 e. The summed E-state index contributed by atoms with van der Waals surface area (Å²) in [7, 11) is 5.18. The van der Waals surface area contributed by atoms with Crippen molar-refractivity contribution >= 4 is 7.98 Å². The predicted octanol–water partition coefficient (Wildman–Crippen LogP) is 0.0604. The van der Waals surface area contributed by atoms with Crippen LogP contribution in [-0.4, -0.2) is 26.1 Å². The first-order valence-electron chi connectivity index (χ1n) is 3.14. The standard InChI is InChI=1S/C5H11BN2/c6-7-8-4-2-1-3-5-8/h7H,1-5H2. The van der Waals surface area contributed by atoms with Crippen LogP contribution >= 0.6 is 0 Å². The zero-order valence-electron chi connectivity index (χ0n) is 5.06. The zero-order valence-corrected chi connectivity index (χ0v) is 5.06. The highest BCUT2D eigenvalue weighted by molar-refractivity contribution is 6.03. The summed E-state index contributed by atoms with van der Waals surface area (Å²) < 4.78 is 0. The third-order valence-electron chi connectivity index (χ3n) is 1.54. The van der Waals surface area contributed by atoms with Crippen molar-refractivity contribution in [2.24, 2.45) is 0 Å². The summed E-state index contributed by atoms with van der Waals surface area (Å²) in [6, 6.07) is 0. The van der Waals surface area contributed by atoms with E-state index in [1.807, 2.05) is 5.01 Å². The first-order valence-corrected chi connectivity index (χ1v) is 3.14. The third-order valence-corrected chi connectivity index (χ3v) is 1.54. The average Bonchev–Trinajstić information content (AvgIpc) is 1.90. The first kappa shape index (κ1) is 6.11. The maximum atomic E-state index is 5.18. The summed E-state index contributed by atoms with van der Waals surface area (Å²) in [6.45, 7) is 2.22. The quantitative estimate of drug-likeness (QED) is 0.480. The fourth-order valence-electron chi connectivity index (χ4n) is 1.02. The normalized spacial score (nSPS) is 23.5. The molecule has 1 rings (SSSR count). The molecule has 44 valence electrons. The number of nitrogens with zero attached hydrogens (tertiary/aromatic N) is 1. The number of nitrogens with one attached hydrogen (secondary N) is 1. The first-order chi connectivity index (χ1) is 3.93. The van der Waals surface area contributed by atoms with Crippen molar-refractivity contribution in [2.45, 2.75) is 19.3 Å². The number of hydrogen-bond donors (Lipinski definition) is 1. The summed E-state index contributed by atoms with van der Waals surface area (Å²) >= 11 is 0. The lowest BCUT2D eigenvalue weighted by Crippen LogP contribution is -2.39. The summed E-state index contributed by atoms with van der Waals surface area (Å²) in [5.41, 5.74) is 0. The molecular weight excluding hydrogens is 98.9 g/mol. The Morgan fingerprint density at radius 2 is 1.75 bits per heavy atom. The monoisotopic (exact) mass is 110 g/mol. The molecule has 2 radical (unpaired) electrons. The maximum absolute atomic E-state index is 5.18. The summed E-state index contributed by atoms with van der Waals surface area (Å²) in [6.07, 6.45) is 3.92. The van der Waals surface area contributed by atoms with E-state index in [1.165, 1.54) is 19.3 Å². The highest BCUT2D eigenvalue weighted by Gasteiger charge is 2.05. The van der Waals surface area contributed by atoms with Crippen LogP contribution in [0.25, 0.3) is 0 Å². The molecule has 0 unspecified atom stereocenters. The molecule has 1 N–H and O–H groups in total. The molecule has 1 aliphatic rings. The molecule has 0 atom stereocenters. The second-order valence-corrected chi connectivity index (χ2v) is 2.18. The van der Waals surface area contributed by atoms with Gasteiger partial charge in [-0.15, -0.1) is 0 Å². The fraction of sp³-hybridized carbons (Fsp3) is 1.00. The lowest BCUT2D eigenvalue weighted by molar-refractivity contribution is 0.203. The van der Waals surface area contributed by atoms with Gasteiger partial charge in [0.1, 0.15) is 0 Å². The highest BCUT2D eigenvalue weighted by Crippen LogP contribution is 2.04.